The van der Waals surface area contributed by atoms with Crippen molar-refractivity contribution >= 4 is 40.6 Å². The Hall–Kier alpha value is -4.84. The van der Waals surface area contributed by atoms with Crippen LogP contribution in [0.5, 0.6) is 0 Å². The van der Waals surface area contributed by atoms with Crippen LogP contribution >= 0.6 is 0 Å². The number of carbonyl (C=O) groups excluding carboxylic acids is 1. The number of anilines is 3. The number of aromatic nitrogens is 4. The normalized spacial score (nSPS) is 12.1. The second-order valence-corrected chi connectivity index (χ2v) is 9.57. The summed E-state index contributed by atoms with van der Waals surface area (Å²) in [4.78, 5) is 43.1. The zero-order valence-electron chi connectivity index (χ0n) is 23.2. The van der Waals surface area contributed by atoms with Gasteiger partial charge in [0.25, 0.3) is 5.56 Å². The van der Waals surface area contributed by atoms with Gasteiger partial charge in [-0.25, -0.2) is 10.5 Å². The van der Waals surface area contributed by atoms with Crippen molar-refractivity contribution in [2.45, 2.75) is 51.5 Å². The van der Waals surface area contributed by atoms with Gasteiger partial charge in [0.15, 0.2) is 0 Å². The van der Waals surface area contributed by atoms with Crippen LogP contribution in [0.25, 0.3) is 16.6 Å². The second kappa shape index (κ2) is 13.5. The van der Waals surface area contributed by atoms with Crippen molar-refractivity contribution in [3.05, 3.63) is 75.8 Å². The number of nitrogen functional groups attached to an aromatic ring is 2. The number of nitrogens with zero attached hydrogens (tertiary/aromatic N) is 5. The van der Waals surface area contributed by atoms with Crippen LogP contribution in [-0.4, -0.2) is 43.9 Å². The number of hydrogen-bond acceptors (Lipinski definition) is 10. The molecule has 0 aliphatic rings. The first kappa shape index (κ1) is 29.2. The highest BCUT2D eigenvalue weighted by Crippen LogP contribution is 2.28. The molecular weight excluding hydrogens is 522 g/mol. The molecule has 0 spiro atoms. The van der Waals surface area contributed by atoms with Crippen molar-refractivity contribution in [3.8, 4) is 5.69 Å². The topological polar surface area (TPSA) is 186 Å². The number of rotatable bonds is 12. The van der Waals surface area contributed by atoms with E-state index in [2.05, 4.69) is 20.3 Å². The number of fused-ring (bicyclic) bond motifs is 1. The van der Waals surface area contributed by atoms with Crippen LogP contribution in [0.4, 0.5) is 17.6 Å². The maximum Gasteiger partial charge on any atom is 0.266 e. The van der Waals surface area contributed by atoms with Gasteiger partial charge in [0.05, 0.1) is 28.2 Å². The highest BCUT2D eigenvalue weighted by molar-refractivity contribution is 5.92. The standard InChI is InChI=1S/C29H35N9O3/c1-3-21(33-26-20(17-32-2)25(30)35-29(31)36-26)27-34-22-15-10-12-18(11-6-4-9-16-23(39)37-41)24(22)28(40)38(27)19-13-7-5-8-14-19/h5,7-8,10,12-15,17,21,41H,3-4,6,9,11,16H2,1-2H3,(H,37,39)(H5,30,31,33,35,36)/b32-17+/t21-/m0/s1. The number of amides is 1. The minimum atomic E-state index is -0.439. The first-order chi connectivity index (χ1) is 19.9. The Labute approximate surface area is 237 Å². The summed E-state index contributed by atoms with van der Waals surface area (Å²) in [6, 6.07) is 14.6. The van der Waals surface area contributed by atoms with Crippen molar-refractivity contribution in [2.75, 3.05) is 23.8 Å². The number of para-hydroxylation sites is 1. The van der Waals surface area contributed by atoms with Gasteiger partial charge in [-0.15, -0.1) is 0 Å². The summed E-state index contributed by atoms with van der Waals surface area (Å²) in [5.74, 6) is 0.706. The van der Waals surface area contributed by atoms with Crippen LogP contribution < -0.4 is 27.8 Å². The summed E-state index contributed by atoms with van der Waals surface area (Å²) < 4.78 is 1.64. The zero-order valence-corrected chi connectivity index (χ0v) is 23.2. The van der Waals surface area contributed by atoms with E-state index in [4.69, 9.17) is 21.7 Å². The maximum atomic E-state index is 14.3. The van der Waals surface area contributed by atoms with Gasteiger partial charge in [0, 0.05) is 19.7 Å². The van der Waals surface area contributed by atoms with E-state index in [0.717, 1.165) is 18.4 Å². The molecule has 0 aliphatic carbocycles. The van der Waals surface area contributed by atoms with E-state index in [1.807, 2.05) is 55.5 Å². The minimum absolute atomic E-state index is 0.0154. The number of nitrogens with one attached hydrogen (secondary N) is 2. The molecule has 12 heteroatoms. The van der Waals surface area contributed by atoms with Gasteiger partial charge in [-0.3, -0.25) is 24.4 Å². The number of carbonyl (C=O) groups is 1. The number of benzene rings is 2. The third-order valence-electron chi connectivity index (χ3n) is 6.78. The Kier molecular flexibility index (Phi) is 9.59. The van der Waals surface area contributed by atoms with Gasteiger partial charge in [-0.05, 0) is 49.4 Å². The summed E-state index contributed by atoms with van der Waals surface area (Å²) >= 11 is 0. The smallest absolute Gasteiger partial charge is 0.266 e. The van der Waals surface area contributed by atoms with Gasteiger partial charge >= 0.3 is 0 Å². The molecule has 2 heterocycles. The Morgan fingerprint density at radius 1 is 1.07 bits per heavy atom. The molecule has 2 aromatic heterocycles. The Morgan fingerprint density at radius 2 is 1.85 bits per heavy atom. The Morgan fingerprint density at radius 3 is 2.56 bits per heavy atom. The molecule has 0 saturated carbocycles. The summed E-state index contributed by atoms with van der Waals surface area (Å²) in [5, 5.41) is 12.6. The number of nitrogens with two attached hydrogens (primary N) is 2. The summed E-state index contributed by atoms with van der Waals surface area (Å²) in [5.41, 5.74) is 16.2. The van der Waals surface area contributed by atoms with Gasteiger partial charge in [-0.2, -0.15) is 9.97 Å². The van der Waals surface area contributed by atoms with Crippen LogP contribution in [0.3, 0.4) is 0 Å². The fourth-order valence-electron chi connectivity index (χ4n) is 4.80. The van der Waals surface area contributed by atoms with Gasteiger partial charge in [0.1, 0.15) is 17.5 Å². The van der Waals surface area contributed by atoms with Gasteiger partial charge in [-0.1, -0.05) is 43.7 Å². The van der Waals surface area contributed by atoms with Gasteiger partial charge < -0.3 is 16.8 Å². The van der Waals surface area contributed by atoms with Gasteiger partial charge in [0.2, 0.25) is 11.9 Å². The highest BCUT2D eigenvalue weighted by atomic mass is 16.5. The van der Waals surface area contributed by atoms with Crippen molar-refractivity contribution in [1.82, 2.24) is 25.0 Å². The zero-order chi connectivity index (χ0) is 29.4. The van der Waals surface area contributed by atoms with Crippen LogP contribution in [-0.2, 0) is 11.2 Å². The lowest BCUT2D eigenvalue weighted by atomic mass is 10.0. The van der Waals surface area contributed by atoms with E-state index >= 15 is 0 Å². The van der Waals surface area contributed by atoms with Crippen LogP contribution in [0, 0.1) is 0 Å². The summed E-state index contributed by atoms with van der Waals surface area (Å²) in [6.45, 7) is 1.98. The SMILES string of the molecule is CC[C@H](Nc1nc(N)nc(N)c1/C=N/C)c1nc2cccc(CCCCCC(=O)NO)c2c(=O)n1-c1ccccc1. The largest absolute Gasteiger partial charge is 0.383 e. The molecule has 0 saturated heterocycles. The molecule has 1 amide bonds. The third-order valence-corrected chi connectivity index (χ3v) is 6.78. The number of hydroxylamine groups is 1. The maximum absolute atomic E-state index is 14.3. The molecular formula is C29H35N9O3. The molecule has 2 aromatic carbocycles. The predicted molar refractivity (Wildman–Crippen MR) is 160 cm³/mol. The molecule has 0 unspecified atom stereocenters. The molecule has 41 heavy (non-hydrogen) atoms. The summed E-state index contributed by atoms with van der Waals surface area (Å²) in [6.07, 6.45) is 5.22. The van der Waals surface area contributed by atoms with E-state index in [1.165, 1.54) is 0 Å². The Bertz CT molecular complexity index is 1600. The van der Waals surface area contributed by atoms with E-state index < -0.39 is 11.9 Å². The predicted octanol–water partition coefficient (Wildman–Crippen LogP) is 3.56. The molecule has 7 N–H and O–H groups in total. The van der Waals surface area contributed by atoms with Crippen molar-refractivity contribution in [3.63, 3.8) is 0 Å². The lowest BCUT2D eigenvalue weighted by Gasteiger charge is -2.23. The number of unbranched alkanes of at least 4 members (excludes halogenated alkanes) is 2. The van der Waals surface area contributed by atoms with Crippen LogP contribution in [0.2, 0.25) is 0 Å². The molecule has 4 rings (SSSR count). The molecule has 214 valence electrons. The minimum Gasteiger partial charge on any atom is -0.383 e. The average molecular weight is 558 g/mol. The molecule has 1 atom stereocenters. The van der Waals surface area contributed by atoms with E-state index in [9.17, 15) is 9.59 Å². The van der Waals surface area contributed by atoms with Crippen LogP contribution in [0.1, 0.15) is 62.0 Å². The van der Waals surface area contributed by atoms with E-state index in [0.29, 0.717) is 53.1 Å². The first-order valence-corrected chi connectivity index (χ1v) is 13.5. The van der Waals surface area contributed by atoms with Crippen molar-refractivity contribution in [2.24, 2.45) is 4.99 Å². The number of aryl methyl sites for hydroxylation is 1. The lowest BCUT2D eigenvalue weighted by molar-refractivity contribution is -0.129. The van der Waals surface area contributed by atoms with Crippen molar-refractivity contribution in [1.29, 1.82) is 0 Å². The second-order valence-electron chi connectivity index (χ2n) is 9.57. The molecule has 0 bridgehead atoms. The van der Waals surface area contributed by atoms with Crippen molar-refractivity contribution < 1.29 is 10.0 Å². The number of hydrogen-bond donors (Lipinski definition) is 5. The third kappa shape index (κ3) is 6.67. The fourth-order valence-corrected chi connectivity index (χ4v) is 4.80. The van der Waals surface area contributed by atoms with E-state index in [1.54, 1.807) is 23.3 Å². The fraction of sp³-hybridized carbons (Fsp3) is 0.310. The lowest BCUT2D eigenvalue weighted by Crippen LogP contribution is -2.29. The van der Waals surface area contributed by atoms with E-state index in [-0.39, 0.29) is 23.7 Å². The quantitative estimate of drug-likeness (QED) is 0.0751. The number of aliphatic imine (C=N–C) groups is 1. The summed E-state index contributed by atoms with van der Waals surface area (Å²) in [7, 11) is 1.62. The molecule has 0 fully saturated rings. The molecule has 0 aliphatic heterocycles. The molecule has 4 aromatic rings. The van der Waals surface area contributed by atoms with Crippen LogP contribution in [0.15, 0.2) is 58.3 Å². The first-order valence-electron chi connectivity index (χ1n) is 13.5. The molecule has 0 radical (unpaired) electrons. The average Bonchev–Trinajstić information content (AvgIpc) is 2.97. The molecule has 12 nitrogen and oxygen atoms in total. The monoisotopic (exact) mass is 557 g/mol. The Balaban J connectivity index is 1.80. The highest BCUT2D eigenvalue weighted by Gasteiger charge is 2.23.